The van der Waals surface area contributed by atoms with Crippen molar-refractivity contribution in [2.75, 3.05) is 0 Å². The number of amides is 1. The van der Waals surface area contributed by atoms with E-state index in [1.807, 2.05) is 0 Å². The fourth-order valence-electron chi connectivity index (χ4n) is 1.56. The third kappa shape index (κ3) is 3.67. The highest BCUT2D eigenvalue weighted by Crippen LogP contribution is 2.19. The zero-order valence-electron chi connectivity index (χ0n) is 9.79. The van der Waals surface area contributed by atoms with Crippen molar-refractivity contribution in [3.8, 4) is 0 Å². The molecule has 0 aliphatic carbocycles. The van der Waals surface area contributed by atoms with Gasteiger partial charge in [-0.15, -0.1) is 0 Å². The summed E-state index contributed by atoms with van der Waals surface area (Å²) in [6.45, 7) is 0.148. The number of nitrogens with one attached hydrogen (secondary N) is 1. The highest BCUT2D eigenvalue weighted by Gasteiger charge is 2.08. The predicted molar refractivity (Wildman–Crippen MR) is 81.7 cm³/mol. The Bertz CT molecular complexity index is 618. The number of benzene rings is 2. The molecule has 19 heavy (non-hydrogen) atoms. The topological polar surface area (TPSA) is 29.1 Å². The highest BCUT2D eigenvalue weighted by atomic mass is 127. The zero-order chi connectivity index (χ0) is 13.8. The molecular weight excluding hydrogens is 380 g/mol. The SMILES string of the molecule is O=C(NCc1ccccc1F)c1ccc(I)c(Cl)c1. The Hall–Kier alpha value is -1.14. The van der Waals surface area contributed by atoms with Crippen LogP contribution in [0, 0.1) is 9.39 Å². The van der Waals surface area contributed by atoms with E-state index in [-0.39, 0.29) is 18.3 Å². The summed E-state index contributed by atoms with van der Waals surface area (Å²) < 4.78 is 14.3. The first-order valence-electron chi connectivity index (χ1n) is 5.54. The Balaban J connectivity index is 2.05. The van der Waals surface area contributed by atoms with E-state index < -0.39 is 0 Å². The van der Waals surface area contributed by atoms with Crippen LogP contribution in [-0.4, -0.2) is 5.91 Å². The molecule has 0 spiro atoms. The lowest BCUT2D eigenvalue weighted by molar-refractivity contribution is 0.0950. The summed E-state index contributed by atoms with van der Waals surface area (Å²) in [6, 6.07) is 11.4. The first-order chi connectivity index (χ1) is 9.08. The Morgan fingerprint density at radius 2 is 2.00 bits per heavy atom. The van der Waals surface area contributed by atoms with Crippen LogP contribution in [0.5, 0.6) is 0 Å². The van der Waals surface area contributed by atoms with Gasteiger partial charge in [-0.1, -0.05) is 29.8 Å². The van der Waals surface area contributed by atoms with Crippen molar-refractivity contribution in [3.05, 3.63) is 68.0 Å². The largest absolute Gasteiger partial charge is 0.348 e. The minimum absolute atomic E-state index is 0.148. The van der Waals surface area contributed by atoms with Gasteiger partial charge in [0.15, 0.2) is 0 Å². The molecule has 0 saturated heterocycles. The zero-order valence-corrected chi connectivity index (χ0v) is 12.7. The summed E-state index contributed by atoms with van der Waals surface area (Å²) in [5.41, 5.74) is 0.911. The van der Waals surface area contributed by atoms with Crippen LogP contribution in [-0.2, 0) is 6.54 Å². The number of carbonyl (C=O) groups is 1. The molecule has 2 aromatic carbocycles. The highest BCUT2D eigenvalue weighted by molar-refractivity contribution is 14.1. The Labute approximate surface area is 129 Å². The molecule has 0 radical (unpaired) electrons. The second kappa shape index (κ2) is 6.34. The summed E-state index contributed by atoms with van der Waals surface area (Å²) in [5.74, 6) is -0.606. The molecule has 2 aromatic rings. The van der Waals surface area contributed by atoms with Crippen molar-refractivity contribution in [3.63, 3.8) is 0 Å². The molecule has 0 fully saturated rings. The van der Waals surface area contributed by atoms with E-state index in [1.54, 1.807) is 36.4 Å². The Kier molecular flexibility index (Phi) is 4.76. The first-order valence-corrected chi connectivity index (χ1v) is 7.00. The number of carbonyl (C=O) groups excluding carboxylic acids is 1. The van der Waals surface area contributed by atoms with Crippen LogP contribution in [0.15, 0.2) is 42.5 Å². The van der Waals surface area contributed by atoms with Gasteiger partial charge in [0, 0.05) is 21.2 Å². The van der Waals surface area contributed by atoms with Gasteiger partial charge in [-0.2, -0.15) is 0 Å². The molecular formula is C14H10ClFINO. The lowest BCUT2D eigenvalue weighted by atomic mass is 10.2. The fourth-order valence-corrected chi connectivity index (χ4v) is 2.07. The van der Waals surface area contributed by atoms with Crippen LogP contribution >= 0.6 is 34.2 Å². The van der Waals surface area contributed by atoms with Gasteiger partial charge in [0.2, 0.25) is 0 Å². The number of hydrogen-bond acceptors (Lipinski definition) is 1. The molecule has 0 aliphatic rings. The maximum atomic E-state index is 13.4. The smallest absolute Gasteiger partial charge is 0.251 e. The van der Waals surface area contributed by atoms with Crippen molar-refractivity contribution in [2.24, 2.45) is 0 Å². The van der Waals surface area contributed by atoms with E-state index in [4.69, 9.17) is 11.6 Å². The van der Waals surface area contributed by atoms with Crippen molar-refractivity contribution in [1.82, 2.24) is 5.32 Å². The molecule has 0 bridgehead atoms. The van der Waals surface area contributed by atoms with E-state index in [0.717, 1.165) is 3.57 Å². The summed E-state index contributed by atoms with van der Waals surface area (Å²) in [5, 5.41) is 3.19. The van der Waals surface area contributed by atoms with E-state index in [0.29, 0.717) is 16.1 Å². The summed E-state index contributed by atoms with van der Waals surface area (Å²) in [6.07, 6.45) is 0. The maximum Gasteiger partial charge on any atom is 0.251 e. The second-order valence-electron chi connectivity index (χ2n) is 3.90. The molecule has 0 saturated carbocycles. The van der Waals surface area contributed by atoms with Crippen molar-refractivity contribution >= 4 is 40.1 Å². The Morgan fingerprint density at radius 3 is 2.68 bits per heavy atom. The lowest BCUT2D eigenvalue weighted by Crippen LogP contribution is -2.23. The maximum absolute atomic E-state index is 13.4. The summed E-state index contributed by atoms with van der Waals surface area (Å²) in [4.78, 5) is 11.9. The van der Waals surface area contributed by atoms with Gasteiger partial charge in [0.1, 0.15) is 5.82 Å². The molecule has 0 heterocycles. The average Bonchev–Trinajstić information content (AvgIpc) is 2.40. The van der Waals surface area contributed by atoms with Gasteiger partial charge in [-0.3, -0.25) is 4.79 Å². The summed E-state index contributed by atoms with van der Waals surface area (Å²) >= 11 is 8.04. The molecule has 1 amide bonds. The van der Waals surface area contributed by atoms with Crippen LogP contribution in [0.3, 0.4) is 0 Å². The van der Waals surface area contributed by atoms with Crippen LogP contribution < -0.4 is 5.32 Å². The first kappa shape index (κ1) is 14.3. The molecule has 5 heteroatoms. The predicted octanol–water partition coefficient (Wildman–Crippen LogP) is 4.01. The molecule has 0 aromatic heterocycles. The van der Waals surface area contributed by atoms with Gasteiger partial charge in [0.05, 0.1) is 5.02 Å². The van der Waals surface area contributed by atoms with Crippen molar-refractivity contribution < 1.29 is 9.18 Å². The van der Waals surface area contributed by atoms with E-state index >= 15 is 0 Å². The van der Waals surface area contributed by atoms with E-state index in [2.05, 4.69) is 27.9 Å². The Morgan fingerprint density at radius 1 is 1.26 bits per heavy atom. The fraction of sp³-hybridized carbons (Fsp3) is 0.0714. The van der Waals surface area contributed by atoms with Crippen LogP contribution in [0.2, 0.25) is 5.02 Å². The average molecular weight is 390 g/mol. The quantitative estimate of drug-likeness (QED) is 0.790. The summed E-state index contributed by atoms with van der Waals surface area (Å²) in [7, 11) is 0. The molecule has 0 aliphatic heterocycles. The van der Waals surface area contributed by atoms with Gasteiger partial charge in [-0.05, 0) is 46.9 Å². The molecule has 2 nitrogen and oxygen atoms in total. The minimum atomic E-state index is -0.330. The van der Waals surface area contributed by atoms with E-state index in [1.165, 1.54) is 6.07 Å². The van der Waals surface area contributed by atoms with Crippen LogP contribution in [0.4, 0.5) is 4.39 Å². The lowest BCUT2D eigenvalue weighted by Gasteiger charge is -2.07. The number of halogens is 3. The molecule has 98 valence electrons. The van der Waals surface area contributed by atoms with Crippen molar-refractivity contribution in [1.29, 1.82) is 0 Å². The standard InChI is InChI=1S/C14H10ClFINO/c15-11-7-9(5-6-13(11)17)14(19)18-8-10-3-1-2-4-12(10)16/h1-7H,8H2,(H,18,19). The van der Waals surface area contributed by atoms with E-state index in [9.17, 15) is 9.18 Å². The monoisotopic (exact) mass is 389 g/mol. The number of rotatable bonds is 3. The van der Waals surface area contributed by atoms with Gasteiger partial charge in [-0.25, -0.2) is 4.39 Å². The normalized spacial score (nSPS) is 10.3. The van der Waals surface area contributed by atoms with Crippen molar-refractivity contribution in [2.45, 2.75) is 6.54 Å². The minimum Gasteiger partial charge on any atom is -0.348 e. The van der Waals surface area contributed by atoms with Crippen LogP contribution in [0.25, 0.3) is 0 Å². The number of hydrogen-bond donors (Lipinski definition) is 1. The van der Waals surface area contributed by atoms with Crippen LogP contribution in [0.1, 0.15) is 15.9 Å². The molecule has 1 N–H and O–H groups in total. The molecule has 2 rings (SSSR count). The third-order valence-electron chi connectivity index (χ3n) is 2.58. The third-order valence-corrected chi connectivity index (χ3v) is 4.15. The van der Waals surface area contributed by atoms with Gasteiger partial charge in [0.25, 0.3) is 5.91 Å². The molecule has 0 atom stereocenters. The van der Waals surface area contributed by atoms with Gasteiger partial charge < -0.3 is 5.32 Å². The second-order valence-corrected chi connectivity index (χ2v) is 5.47. The van der Waals surface area contributed by atoms with Gasteiger partial charge >= 0.3 is 0 Å². The molecule has 0 unspecified atom stereocenters.